The Labute approximate surface area is 85.4 Å². The Balaban J connectivity index is 3.68. The monoisotopic (exact) mass is 229 g/mol. The maximum atomic E-state index is 11.8. The molecule has 2 nitrogen and oxygen atoms in total. The summed E-state index contributed by atoms with van der Waals surface area (Å²) in [5.74, 6) is -0.466. The van der Waals surface area contributed by atoms with Gasteiger partial charge in [0.2, 0.25) is 5.91 Å². The third kappa shape index (κ3) is 8.22. The van der Waals surface area contributed by atoms with Gasteiger partial charge in [0.1, 0.15) is 0 Å². The van der Waals surface area contributed by atoms with Crippen molar-refractivity contribution in [2.45, 2.75) is 37.6 Å². The number of carbonyl (C=O) groups is 1. The van der Waals surface area contributed by atoms with Crippen molar-refractivity contribution >= 4 is 17.7 Å². The van der Waals surface area contributed by atoms with Crippen molar-refractivity contribution in [3.63, 3.8) is 0 Å². The molecule has 0 bridgehead atoms. The largest absolute Gasteiger partial charge is 0.389 e. The minimum Gasteiger partial charge on any atom is -0.370 e. The molecule has 0 radical (unpaired) electrons. The minimum absolute atomic E-state index is 0.00468. The summed E-state index contributed by atoms with van der Waals surface area (Å²) in [6.45, 7) is 1.83. The number of amides is 1. The number of thioether (sulfide) groups is 1. The molecule has 0 rings (SSSR count). The van der Waals surface area contributed by atoms with Gasteiger partial charge in [-0.25, -0.2) is 0 Å². The van der Waals surface area contributed by atoms with E-state index >= 15 is 0 Å². The van der Waals surface area contributed by atoms with Crippen molar-refractivity contribution in [3.05, 3.63) is 0 Å². The first-order valence-electron chi connectivity index (χ1n) is 4.31. The molecule has 0 heterocycles. The molecule has 0 aliphatic rings. The summed E-state index contributed by atoms with van der Waals surface area (Å²) in [5, 5.41) is -0.0881. The number of hydrogen-bond acceptors (Lipinski definition) is 2. The summed E-state index contributed by atoms with van der Waals surface area (Å²) in [6.07, 6.45) is -4.12. The zero-order chi connectivity index (χ0) is 11.2. The van der Waals surface area contributed by atoms with E-state index < -0.39 is 18.5 Å². The molecule has 0 aliphatic heterocycles. The average Bonchev–Trinajstić information content (AvgIpc) is 1.99. The van der Waals surface area contributed by atoms with Gasteiger partial charge in [-0.05, 0) is 6.42 Å². The van der Waals surface area contributed by atoms with E-state index in [2.05, 4.69) is 0 Å². The molecular formula is C8H14F3NOS. The van der Waals surface area contributed by atoms with Crippen LogP contribution in [0.1, 0.15) is 26.2 Å². The molecule has 2 N–H and O–H groups in total. The zero-order valence-corrected chi connectivity index (χ0v) is 8.75. The third-order valence-electron chi connectivity index (χ3n) is 1.62. The molecule has 1 amide bonds. The van der Waals surface area contributed by atoms with Crippen LogP contribution < -0.4 is 5.73 Å². The number of primary amides is 1. The molecule has 0 aromatic rings. The summed E-state index contributed by atoms with van der Waals surface area (Å²) >= 11 is 1.16. The van der Waals surface area contributed by atoms with Crippen molar-refractivity contribution in [2.75, 3.05) is 5.75 Å². The molecule has 0 spiro atoms. The topological polar surface area (TPSA) is 43.1 Å². The summed E-state index contributed by atoms with van der Waals surface area (Å²) in [5.41, 5.74) is 4.95. The predicted octanol–water partition coefficient (Wildman–Crippen LogP) is 2.33. The van der Waals surface area contributed by atoms with E-state index in [1.807, 2.05) is 6.92 Å². The molecule has 0 aromatic carbocycles. The fourth-order valence-corrected chi connectivity index (χ4v) is 2.09. The van der Waals surface area contributed by atoms with Crippen LogP contribution in [0.25, 0.3) is 0 Å². The van der Waals surface area contributed by atoms with E-state index in [9.17, 15) is 18.0 Å². The van der Waals surface area contributed by atoms with Crippen LogP contribution in [0.15, 0.2) is 0 Å². The molecule has 14 heavy (non-hydrogen) atoms. The maximum absolute atomic E-state index is 11.8. The predicted molar refractivity (Wildman–Crippen MR) is 51.0 cm³/mol. The van der Waals surface area contributed by atoms with Crippen LogP contribution in [0, 0.1) is 0 Å². The SMILES string of the molecule is CCC(CC(N)=O)SCCC(F)(F)F. The van der Waals surface area contributed by atoms with Gasteiger partial charge in [-0.2, -0.15) is 24.9 Å². The average molecular weight is 229 g/mol. The number of carbonyl (C=O) groups excluding carboxylic acids is 1. The van der Waals surface area contributed by atoms with Crippen LogP contribution in [-0.2, 0) is 4.79 Å². The molecule has 1 unspecified atom stereocenters. The van der Waals surface area contributed by atoms with Crippen LogP contribution >= 0.6 is 11.8 Å². The lowest BCUT2D eigenvalue weighted by Crippen LogP contribution is -2.18. The first-order valence-corrected chi connectivity index (χ1v) is 5.36. The highest BCUT2D eigenvalue weighted by molar-refractivity contribution is 7.99. The number of rotatable bonds is 6. The van der Waals surface area contributed by atoms with E-state index in [1.165, 1.54) is 0 Å². The summed E-state index contributed by atoms with van der Waals surface area (Å²) in [4.78, 5) is 10.5. The highest BCUT2D eigenvalue weighted by atomic mass is 32.2. The van der Waals surface area contributed by atoms with Crippen LogP contribution in [0.4, 0.5) is 13.2 Å². The van der Waals surface area contributed by atoms with Gasteiger partial charge in [-0.3, -0.25) is 4.79 Å². The Kier molecular flexibility index (Phi) is 5.99. The number of alkyl halides is 3. The van der Waals surface area contributed by atoms with Gasteiger partial charge in [0.25, 0.3) is 0 Å². The lowest BCUT2D eigenvalue weighted by atomic mass is 10.2. The van der Waals surface area contributed by atoms with Crippen molar-refractivity contribution in [1.29, 1.82) is 0 Å². The molecule has 6 heteroatoms. The first-order chi connectivity index (χ1) is 6.35. The van der Waals surface area contributed by atoms with Gasteiger partial charge in [-0.1, -0.05) is 6.92 Å². The van der Waals surface area contributed by atoms with Gasteiger partial charge in [0.15, 0.2) is 0 Å². The number of nitrogens with two attached hydrogens (primary N) is 1. The quantitative estimate of drug-likeness (QED) is 0.759. The van der Waals surface area contributed by atoms with Crippen molar-refractivity contribution in [2.24, 2.45) is 5.73 Å². The Morgan fingerprint density at radius 3 is 2.43 bits per heavy atom. The van der Waals surface area contributed by atoms with Crippen LogP contribution in [0.5, 0.6) is 0 Å². The molecule has 84 valence electrons. The molecule has 0 fully saturated rings. The molecule has 0 saturated carbocycles. The van der Waals surface area contributed by atoms with E-state index in [0.29, 0.717) is 6.42 Å². The summed E-state index contributed by atoms with van der Waals surface area (Å²) in [6, 6.07) is 0. The lowest BCUT2D eigenvalue weighted by molar-refractivity contribution is -0.129. The number of halogens is 3. The normalized spacial score (nSPS) is 14.0. The summed E-state index contributed by atoms with van der Waals surface area (Å²) < 4.78 is 35.3. The maximum Gasteiger partial charge on any atom is 0.389 e. The first kappa shape index (κ1) is 13.6. The Bertz CT molecular complexity index is 184. The number of hydrogen-bond donors (Lipinski definition) is 1. The highest BCUT2D eigenvalue weighted by Crippen LogP contribution is 2.25. The Morgan fingerprint density at radius 2 is 2.07 bits per heavy atom. The third-order valence-corrected chi connectivity index (χ3v) is 3.03. The zero-order valence-electron chi connectivity index (χ0n) is 7.93. The molecule has 0 aromatic heterocycles. The second-order valence-electron chi connectivity index (χ2n) is 2.94. The van der Waals surface area contributed by atoms with E-state index in [1.54, 1.807) is 0 Å². The van der Waals surface area contributed by atoms with E-state index in [4.69, 9.17) is 5.73 Å². The smallest absolute Gasteiger partial charge is 0.370 e. The lowest BCUT2D eigenvalue weighted by Gasteiger charge is -2.13. The molecular weight excluding hydrogens is 215 g/mol. The van der Waals surface area contributed by atoms with Gasteiger partial charge < -0.3 is 5.73 Å². The van der Waals surface area contributed by atoms with Crippen molar-refractivity contribution < 1.29 is 18.0 Å². The second-order valence-corrected chi connectivity index (χ2v) is 4.34. The molecule has 1 atom stereocenters. The van der Waals surface area contributed by atoms with Gasteiger partial charge in [-0.15, -0.1) is 0 Å². The van der Waals surface area contributed by atoms with E-state index in [-0.39, 0.29) is 17.4 Å². The highest BCUT2D eigenvalue weighted by Gasteiger charge is 2.26. The fourth-order valence-electron chi connectivity index (χ4n) is 0.887. The molecule has 0 saturated heterocycles. The van der Waals surface area contributed by atoms with Gasteiger partial charge in [0.05, 0.1) is 6.42 Å². The van der Waals surface area contributed by atoms with Crippen LogP contribution in [0.3, 0.4) is 0 Å². The van der Waals surface area contributed by atoms with Gasteiger partial charge in [0, 0.05) is 17.4 Å². The Morgan fingerprint density at radius 1 is 1.50 bits per heavy atom. The Hall–Kier alpha value is -0.390. The fraction of sp³-hybridized carbons (Fsp3) is 0.875. The summed E-state index contributed by atoms with van der Waals surface area (Å²) in [7, 11) is 0. The van der Waals surface area contributed by atoms with Crippen LogP contribution in [-0.4, -0.2) is 23.1 Å². The molecule has 0 aliphatic carbocycles. The standard InChI is InChI=1S/C8H14F3NOS/c1-2-6(5-7(12)13)14-4-3-8(9,10)11/h6H,2-5H2,1H3,(H2,12,13). The van der Waals surface area contributed by atoms with E-state index in [0.717, 1.165) is 11.8 Å². The van der Waals surface area contributed by atoms with Gasteiger partial charge >= 0.3 is 6.18 Å². The van der Waals surface area contributed by atoms with Crippen molar-refractivity contribution in [3.8, 4) is 0 Å². The van der Waals surface area contributed by atoms with Crippen molar-refractivity contribution in [1.82, 2.24) is 0 Å². The second kappa shape index (κ2) is 6.16. The van der Waals surface area contributed by atoms with Crippen LogP contribution in [0.2, 0.25) is 0 Å². The minimum atomic E-state index is -4.11.